The number of aromatic nitrogens is 4. The van der Waals surface area contributed by atoms with E-state index in [2.05, 4.69) is 15.3 Å². The molecule has 1 aromatic carbocycles. The third kappa shape index (κ3) is 4.40. The van der Waals surface area contributed by atoms with Gasteiger partial charge in [0.15, 0.2) is 0 Å². The maximum Gasteiger partial charge on any atom is 0.229 e. The molecule has 8 nitrogen and oxygen atoms in total. The number of hydrogen-bond acceptors (Lipinski definition) is 7. The molecule has 1 aliphatic heterocycles. The summed E-state index contributed by atoms with van der Waals surface area (Å²) >= 11 is 0. The molecular weight excluding hydrogens is 399 g/mol. The van der Waals surface area contributed by atoms with Gasteiger partial charge in [0.25, 0.3) is 0 Å². The van der Waals surface area contributed by atoms with Gasteiger partial charge in [0, 0.05) is 32.4 Å². The van der Waals surface area contributed by atoms with E-state index in [1.807, 2.05) is 23.9 Å². The Morgan fingerprint density at radius 2 is 2.00 bits per heavy atom. The zero-order valence-electron chi connectivity index (χ0n) is 17.9. The van der Waals surface area contributed by atoms with Crippen LogP contribution in [0.4, 0.5) is 10.3 Å². The second-order valence-electron chi connectivity index (χ2n) is 7.94. The number of carbonyl (C=O) groups is 1. The molecule has 9 heteroatoms. The minimum Gasteiger partial charge on any atom is -0.347 e. The molecule has 2 aromatic heterocycles. The molecule has 3 aromatic rings. The van der Waals surface area contributed by atoms with Crippen LogP contribution in [0.5, 0.6) is 0 Å². The zero-order chi connectivity index (χ0) is 22.0. The fraction of sp³-hybridized carbons (Fsp3) is 0.409. The lowest BCUT2D eigenvalue weighted by atomic mass is 9.93. The number of hydrogen-bond donors (Lipinski definition) is 0. The van der Waals surface area contributed by atoms with Gasteiger partial charge in [-0.15, -0.1) is 0 Å². The van der Waals surface area contributed by atoms with Gasteiger partial charge in [-0.05, 0) is 43.9 Å². The van der Waals surface area contributed by atoms with Crippen LogP contribution in [0.1, 0.15) is 42.4 Å². The molecular formula is C22H25FN6O2. The summed E-state index contributed by atoms with van der Waals surface area (Å²) in [5.74, 6) is 0.219. The van der Waals surface area contributed by atoms with Gasteiger partial charge < -0.3 is 9.80 Å². The number of benzene rings is 1. The first-order chi connectivity index (χ1) is 14.9. The predicted molar refractivity (Wildman–Crippen MR) is 113 cm³/mol. The van der Waals surface area contributed by atoms with Crippen LogP contribution in [0.25, 0.3) is 11.1 Å². The SMILES string of the molecule is Cc1nonc1CC(=O)N1CCCCC1c1nc(N(C)C)ncc1-c1ccc(F)cc1. The quantitative estimate of drug-likeness (QED) is 0.621. The lowest BCUT2D eigenvalue weighted by Crippen LogP contribution is -2.40. The number of piperidine rings is 1. The molecule has 31 heavy (non-hydrogen) atoms. The van der Waals surface area contributed by atoms with Gasteiger partial charge in [0.2, 0.25) is 11.9 Å². The van der Waals surface area contributed by atoms with Gasteiger partial charge in [-0.1, -0.05) is 22.4 Å². The van der Waals surface area contributed by atoms with Crippen LogP contribution in [-0.4, -0.2) is 51.7 Å². The van der Waals surface area contributed by atoms with E-state index in [1.54, 1.807) is 25.3 Å². The highest BCUT2D eigenvalue weighted by Crippen LogP contribution is 2.36. The van der Waals surface area contributed by atoms with E-state index in [1.165, 1.54) is 12.1 Å². The Kier molecular flexibility index (Phi) is 5.92. The molecule has 1 fully saturated rings. The van der Waals surface area contributed by atoms with Gasteiger partial charge >= 0.3 is 0 Å². The molecule has 0 bridgehead atoms. The molecule has 1 atom stereocenters. The highest BCUT2D eigenvalue weighted by atomic mass is 19.1. The average Bonchev–Trinajstić information content (AvgIpc) is 3.18. The van der Waals surface area contributed by atoms with Crippen molar-refractivity contribution in [2.45, 2.75) is 38.6 Å². The first-order valence-corrected chi connectivity index (χ1v) is 10.3. The van der Waals surface area contributed by atoms with Crippen molar-refractivity contribution in [1.29, 1.82) is 0 Å². The number of halogens is 1. The van der Waals surface area contributed by atoms with E-state index in [0.29, 0.717) is 23.9 Å². The normalized spacial score (nSPS) is 16.4. The number of carbonyl (C=O) groups excluding carboxylic acids is 1. The molecule has 0 aliphatic carbocycles. The summed E-state index contributed by atoms with van der Waals surface area (Å²) in [4.78, 5) is 26.2. The number of aryl methyl sites for hydroxylation is 1. The average molecular weight is 424 g/mol. The van der Waals surface area contributed by atoms with Crippen molar-refractivity contribution >= 4 is 11.9 Å². The van der Waals surface area contributed by atoms with Crippen molar-refractivity contribution in [3.05, 3.63) is 53.4 Å². The summed E-state index contributed by atoms with van der Waals surface area (Å²) in [6.45, 7) is 2.41. The van der Waals surface area contributed by atoms with Gasteiger partial charge in [0.05, 0.1) is 18.2 Å². The van der Waals surface area contributed by atoms with E-state index >= 15 is 0 Å². The van der Waals surface area contributed by atoms with Crippen molar-refractivity contribution in [3.63, 3.8) is 0 Å². The summed E-state index contributed by atoms with van der Waals surface area (Å²) in [6, 6.07) is 6.06. The molecule has 1 unspecified atom stereocenters. The standard InChI is InChI=1S/C22H25FN6O2/c1-14-18(27-31-26-14)12-20(30)29-11-5-4-6-19(29)21-17(13-24-22(25-21)28(2)3)15-7-9-16(23)10-8-15/h7-10,13,19H,4-6,11-12H2,1-3H3. The van der Waals surface area contributed by atoms with E-state index in [0.717, 1.165) is 36.1 Å². The summed E-state index contributed by atoms with van der Waals surface area (Å²) in [6.07, 6.45) is 4.59. The van der Waals surface area contributed by atoms with Crippen molar-refractivity contribution in [3.8, 4) is 11.1 Å². The van der Waals surface area contributed by atoms with Gasteiger partial charge in [-0.2, -0.15) is 0 Å². The topological polar surface area (TPSA) is 88.2 Å². The van der Waals surface area contributed by atoms with Crippen LogP contribution in [0.2, 0.25) is 0 Å². The summed E-state index contributed by atoms with van der Waals surface area (Å²) in [5, 5.41) is 7.63. The molecule has 1 saturated heterocycles. The number of likely N-dealkylation sites (tertiary alicyclic amines) is 1. The Morgan fingerprint density at radius 3 is 2.68 bits per heavy atom. The lowest BCUT2D eigenvalue weighted by Gasteiger charge is -2.36. The van der Waals surface area contributed by atoms with E-state index in [-0.39, 0.29) is 24.2 Å². The fourth-order valence-electron chi connectivity index (χ4n) is 3.88. The molecule has 0 N–H and O–H groups in total. The molecule has 3 heterocycles. The van der Waals surface area contributed by atoms with Crippen LogP contribution >= 0.6 is 0 Å². The molecule has 4 rings (SSSR count). The Balaban J connectivity index is 1.73. The predicted octanol–water partition coefficient (Wildman–Crippen LogP) is 3.34. The number of rotatable bonds is 5. The third-order valence-electron chi connectivity index (χ3n) is 5.56. The molecule has 162 valence electrons. The Labute approximate surface area is 180 Å². The van der Waals surface area contributed by atoms with Gasteiger partial charge in [0.1, 0.15) is 17.2 Å². The Bertz CT molecular complexity index is 1070. The second kappa shape index (κ2) is 8.79. The fourth-order valence-corrected chi connectivity index (χ4v) is 3.88. The van der Waals surface area contributed by atoms with E-state index in [9.17, 15) is 9.18 Å². The van der Waals surface area contributed by atoms with Gasteiger partial charge in [-0.3, -0.25) is 4.79 Å². The summed E-state index contributed by atoms with van der Waals surface area (Å²) in [5.41, 5.74) is 3.55. The van der Waals surface area contributed by atoms with E-state index < -0.39 is 0 Å². The second-order valence-corrected chi connectivity index (χ2v) is 7.94. The zero-order valence-corrected chi connectivity index (χ0v) is 17.9. The Hall–Kier alpha value is -3.36. The highest BCUT2D eigenvalue weighted by molar-refractivity contribution is 5.79. The lowest BCUT2D eigenvalue weighted by molar-refractivity contribution is -0.134. The highest BCUT2D eigenvalue weighted by Gasteiger charge is 2.32. The smallest absolute Gasteiger partial charge is 0.229 e. The molecule has 1 amide bonds. The first-order valence-electron chi connectivity index (χ1n) is 10.3. The third-order valence-corrected chi connectivity index (χ3v) is 5.56. The van der Waals surface area contributed by atoms with Gasteiger partial charge in [-0.25, -0.2) is 19.0 Å². The largest absolute Gasteiger partial charge is 0.347 e. The molecule has 1 aliphatic rings. The van der Waals surface area contributed by atoms with Crippen molar-refractivity contribution < 1.29 is 13.8 Å². The monoisotopic (exact) mass is 424 g/mol. The summed E-state index contributed by atoms with van der Waals surface area (Å²) in [7, 11) is 3.75. The van der Waals surface area contributed by atoms with E-state index in [4.69, 9.17) is 9.61 Å². The van der Waals surface area contributed by atoms with Crippen molar-refractivity contribution in [2.75, 3.05) is 25.5 Å². The van der Waals surface area contributed by atoms with Crippen LogP contribution in [0, 0.1) is 12.7 Å². The van der Waals surface area contributed by atoms with Crippen LogP contribution in [-0.2, 0) is 11.2 Å². The van der Waals surface area contributed by atoms with Crippen LogP contribution in [0.15, 0.2) is 35.1 Å². The number of nitrogens with zero attached hydrogens (tertiary/aromatic N) is 6. The molecule has 0 spiro atoms. The maximum atomic E-state index is 13.5. The van der Waals surface area contributed by atoms with Crippen LogP contribution < -0.4 is 4.90 Å². The first kappa shape index (κ1) is 20.9. The van der Waals surface area contributed by atoms with Crippen molar-refractivity contribution in [2.24, 2.45) is 0 Å². The molecule has 0 saturated carbocycles. The Morgan fingerprint density at radius 1 is 1.23 bits per heavy atom. The number of amides is 1. The van der Waals surface area contributed by atoms with Crippen molar-refractivity contribution in [1.82, 2.24) is 25.2 Å². The minimum absolute atomic E-state index is 0.0430. The maximum absolute atomic E-state index is 13.5. The minimum atomic E-state index is -0.304. The summed E-state index contributed by atoms with van der Waals surface area (Å²) < 4.78 is 18.2. The molecule has 0 radical (unpaired) electrons. The number of anilines is 1. The van der Waals surface area contributed by atoms with Crippen LogP contribution in [0.3, 0.4) is 0 Å².